The number of hydrogen-bond donors (Lipinski definition) is 2. The van der Waals surface area contributed by atoms with E-state index in [9.17, 15) is 9.90 Å². The highest BCUT2D eigenvalue weighted by Crippen LogP contribution is 2.25. The summed E-state index contributed by atoms with van der Waals surface area (Å²) in [5.74, 6) is -0.0307. The molecule has 0 aliphatic carbocycles. The van der Waals surface area contributed by atoms with Gasteiger partial charge in [-0.2, -0.15) is 0 Å². The molecular weight excluding hydrogens is 372 g/mol. The molecule has 1 amide bonds. The fourth-order valence-electron chi connectivity index (χ4n) is 3.44. The summed E-state index contributed by atoms with van der Waals surface area (Å²) >= 11 is 1.50. The number of thiazole rings is 1. The fourth-order valence-corrected chi connectivity index (χ4v) is 4.32. The van der Waals surface area contributed by atoms with E-state index < -0.39 is 6.10 Å². The van der Waals surface area contributed by atoms with Gasteiger partial charge in [0, 0.05) is 32.7 Å². The molecule has 146 valence electrons. The van der Waals surface area contributed by atoms with E-state index in [1.165, 1.54) is 11.3 Å². The molecule has 1 saturated heterocycles. The maximum atomic E-state index is 12.4. The molecular formula is C21H24N4O2S. The zero-order valence-electron chi connectivity index (χ0n) is 15.6. The summed E-state index contributed by atoms with van der Waals surface area (Å²) in [6, 6.07) is 17.6. The number of amides is 1. The molecule has 1 fully saturated rings. The van der Waals surface area contributed by atoms with Gasteiger partial charge in [0.15, 0.2) is 5.13 Å². The van der Waals surface area contributed by atoms with E-state index >= 15 is 0 Å². The SMILES string of the molecule is O=C(CN1CCN(CC(O)c2ccccc2)CC1)Nc1nc2ccccc2s1. The molecule has 6 nitrogen and oxygen atoms in total. The number of para-hydroxylation sites is 1. The van der Waals surface area contributed by atoms with E-state index in [4.69, 9.17) is 0 Å². The number of β-amino-alcohol motifs (C(OH)–C–C–N with tert-alkyl or cyclic N) is 1. The quantitative estimate of drug-likeness (QED) is 0.670. The van der Waals surface area contributed by atoms with Gasteiger partial charge in [-0.25, -0.2) is 4.98 Å². The smallest absolute Gasteiger partial charge is 0.240 e. The van der Waals surface area contributed by atoms with Crippen molar-refractivity contribution >= 4 is 32.6 Å². The van der Waals surface area contributed by atoms with Crippen LogP contribution in [0.5, 0.6) is 0 Å². The molecule has 2 N–H and O–H groups in total. The van der Waals surface area contributed by atoms with Gasteiger partial charge in [-0.3, -0.25) is 14.6 Å². The fraction of sp³-hybridized carbons (Fsp3) is 0.333. The molecule has 1 aliphatic rings. The van der Waals surface area contributed by atoms with Crippen molar-refractivity contribution in [3.63, 3.8) is 0 Å². The average Bonchev–Trinajstić information content (AvgIpc) is 3.12. The van der Waals surface area contributed by atoms with Crippen LogP contribution in [-0.2, 0) is 4.79 Å². The highest BCUT2D eigenvalue weighted by Gasteiger charge is 2.21. The van der Waals surface area contributed by atoms with Gasteiger partial charge in [-0.05, 0) is 17.7 Å². The van der Waals surface area contributed by atoms with Crippen LogP contribution in [0, 0.1) is 0 Å². The topological polar surface area (TPSA) is 68.7 Å². The van der Waals surface area contributed by atoms with Gasteiger partial charge in [0.05, 0.1) is 22.9 Å². The number of carbonyl (C=O) groups is 1. The minimum atomic E-state index is -0.477. The Balaban J connectivity index is 1.23. The van der Waals surface area contributed by atoms with Crippen molar-refractivity contribution in [2.75, 3.05) is 44.6 Å². The maximum absolute atomic E-state index is 12.4. The lowest BCUT2D eigenvalue weighted by Gasteiger charge is -2.35. The Morgan fingerprint density at radius 3 is 2.46 bits per heavy atom. The normalized spacial score (nSPS) is 16.9. The van der Waals surface area contributed by atoms with E-state index in [0.29, 0.717) is 18.2 Å². The lowest BCUT2D eigenvalue weighted by atomic mass is 10.1. The number of piperazine rings is 1. The molecule has 7 heteroatoms. The first kappa shape index (κ1) is 19.0. The second kappa shape index (κ2) is 8.79. The van der Waals surface area contributed by atoms with E-state index in [2.05, 4.69) is 20.1 Å². The lowest BCUT2D eigenvalue weighted by Crippen LogP contribution is -2.49. The van der Waals surface area contributed by atoms with Crippen LogP contribution in [0.1, 0.15) is 11.7 Å². The van der Waals surface area contributed by atoms with E-state index in [0.717, 1.165) is 42.0 Å². The van der Waals surface area contributed by atoms with E-state index in [1.807, 2.05) is 54.6 Å². The number of fused-ring (bicyclic) bond motifs is 1. The largest absolute Gasteiger partial charge is 0.387 e. The summed E-state index contributed by atoms with van der Waals surface area (Å²) in [6.45, 7) is 4.31. The van der Waals surface area contributed by atoms with Crippen molar-refractivity contribution < 1.29 is 9.90 Å². The van der Waals surface area contributed by atoms with Gasteiger partial charge < -0.3 is 10.4 Å². The average molecular weight is 397 g/mol. The van der Waals surface area contributed by atoms with Crippen molar-refractivity contribution in [1.29, 1.82) is 0 Å². The first-order chi connectivity index (χ1) is 13.7. The first-order valence-electron chi connectivity index (χ1n) is 9.50. The highest BCUT2D eigenvalue weighted by atomic mass is 32.1. The van der Waals surface area contributed by atoms with Crippen LogP contribution >= 0.6 is 11.3 Å². The maximum Gasteiger partial charge on any atom is 0.240 e. The molecule has 0 spiro atoms. The summed E-state index contributed by atoms with van der Waals surface area (Å²) < 4.78 is 1.07. The van der Waals surface area contributed by atoms with Crippen molar-refractivity contribution in [2.24, 2.45) is 0 Å². The molecule has 1 aromatic heterocycles. The molecule has 2 heterocycles. The number of benzene rings is 2. The van der Waals surface area contributed by atoms with Crippen LogP contribution in [0.15, 0.2) is 54.6 Å². The van der Waals surface area contributed by atoms with Crippen LogP contribution in [0.25, 0.3) is 10.2 Å². The Morgan fingerprint density at radius 1 is 1.04 bits per heavy atom. The van der Waals surface area contributed by atoms with Crippen molar-refractivity contribution in [3.8, 4) is 0 Å². The van der Waals surface area contributed by atoms with Gasteiger partial charge in [0.1, 0.15) is 0 Å². The molecule has 28 heavy (non-hydrogen) atoms. The zero-order valence-corrected chi connectivity index (χ0v) is 16.4. The number of nitrogens with one attached hydrogen (secondary N) is 1. The number of aliphatic hydroxyl groups excluding tert-OH is 1. The van der Waals surface area contributed by atoms with Crippen molar-refractivity contribution in [3.05, 3.63) is 60.2 Å². The van der Waals surface area contributed by atoms with Gasteiger partial charge in [-0.1, -0.05) is 53.8 Å². The minimum Gasteiger partial charge on any atom is -0.387 e. The van der Waals surface area contributed by atoms with Gasteiger partial charge >= 0.3 is 0 Å². The van der Waals surface area contributed by atoms with Crippen molar-refractivity contribution in [2.45, 2.75) is 6.10 Å². The number of aliphatic hydroxyl groups is 1. The second-order valence-corrected chi connectivity index (χ2v) is 8.07. The number of anilines is 1. The van der Waals surface area contributed by atoms with E-state index in [1.54, 1.807) is 0 Å². The second-order valence-electron chi connectivity index (χ2n) is 7.04. The third kappa shape index (κ3) is 4.74. The van der Waals surface area contributed by atoms with E-state index in [-0.39, 0.29) is 5.91 Å². The first-order valence-corrected chi connectivity index (χ1v) is 10.3. The number of carbonyl (C=O) groups excluding carboxylic acids is 1. The third-order valence-corrected chi connectivity index (χ3v) is 5.94. The molecule has 1 unspecified atom stereocenters. The monoisotopic (exact) mass is 396 g/mol. The van der Waals surface area contributed by atoms with Crippen LogP contribution in [0.3, 0.4) is 0 Å². The Labute approximate surface area is 168 Å². The predicted molar refractivity (Wildman–Crippen MR) is 113 cm³/mol. The predicted octanol–water partition coefficient (Wildman–Crippen LogP) is 2.59. The molecule has 2 aromatic carbocycles. The third-order valence-electron chi connectivity index (χ3n) is 4.99. The molecule has 1 atom stereocenters. The Kier molecular flexibility index (Phi) is 5.97. The standard InChI is InChI=1S/C21H24N4O2S/c26-18(16-6-2-1-3-7-16)14-24-10-12-25(13-11-24)15-20(27)23-21-22-17-8-4-5-9-19(17)28-21/h1-9,18,26H,10-15H2,(H,22,23,27). The van der Waals surface area contributed by atoms with Crippen molar-refractivity contribution in [1.82, 2.24) is 14.8 Å². The Hall–Kier alpha value is -2.32. The zero-order chi connectivity index (χ0) is 19.3. The van der Waals surface area contributed by atoms with Gasteiger partial charge in [-0.15, -0.1) is 0 Å². The molecule has 1 aliphatic heterocycles. The van der Waals surface area contributed by atoms with Crippen LogP contribution in [0.2, 0.25) is 0 Å². The molecule has 3 aromatic rings. The molecule has 0 radical (unpaired) electrons. The van der Waals surface area contributed by atoms with Gasteiger partial charge in [0.25, 0.3) is 0 Å². The molecule has 0 saturated carbocycles. The highest BCUT2D eigenvalue weighted by molar-refractivity contribution is 7.22. The molecule has 0 bridgehead atoms. The summed E-state index contributed by atoms with van der Waals surface area (Å²) in [4.78, 5) is 21.2. The summed E-state index contributed by atoms with van der Waals surface area (Å²) in [6.07, 6.45) is -0.477. The minimum absolute atomic E-state index is 0.0307. The summed E-state index contributed by atoms with van der Waals surface area (Å²) in [7, 11) is 0. The van der Waals surface area contributed by atoms with Crippen LogP contribution in [-0.4, -0.2) is 65.1 Å². The van der Waals surface area contributed by atoms with Crippen LogP contribution < -0.4 is 5.32 Å². The van der Waals surface area contributed by atoms with Gasteiger partial charge in [0.2, 0.25) is 5.91 Å². The Bertz CT molecular complexity index is 889. The van der Waals surface area contributed by atoms with Crippen LogP contribution in [0.4, 0.5) is 5.13 Å². The summed E-state index contributed by atoms with van der Waals surface area (Å²) in [5, 5.41) is 13.9. The number of aromatic nitrogens is 1. The lowest BCUT2D eigenvalue weighted by molar-refractivity contribution is -0.117. The molecule has 4 rings (SSSR count). The summed E-state index contributed by atoms with van der Waals surface area (Å²) in [5.41, 5.74) is 1.86. The number of hydrogen-bond acceptors (Lipinski definition) is 6. The Morgan fingerprint density at radius 2 is 1.71 bits per heavy atom. The number of rotatable bonds is 6. The number of nitrogens with zero attached hydrogens (tertiary/aromatic N) is 3.